The molecule has 0 atom stereocenters. The van der Waals surface area contributed by atoms with Crippen LogP contribution in [0.2, 0.25) is 19.6 Å². The molecule has 0 fully saturated rings. The van der Waals surface area contributed by atoms with Crippen LogP contribution in [0.1, 0.15) is 0 Å². The molecule has 0 saturated carbocycles. The highest BCUT2D eigenvalue weighted by molar-refractivity contribution is 6.74. The zero-order valence-electron chi connectivity index (χ0n) is 7.05. The maximum atomic E-state index is 10.2. The van der Waals surface area contributed by atoms with Crippen molar-refractivity contribution in [2.75, 3.05) is 0 Å². The molecule has 1 amide bonds. The molecule has 0 spiro atoms. The average Bonchev–Trinajstić information content (AvgIpc) is 1.81. The van der Waals surface area contributed by atoms with E-state index in [9.17, 15) is 4.79 Å². The van der Waals surface area contributed by atoms with Crippen molar-refractivity contribution in [3.05, 3.63) is 0 Å². The van der Waals surface area contributed by atoms with Gasteiger partial charge in [0.2, 0.25) is 9.92 Å². The Morgan fingerprint density at radius 3 is 2.40 bits per heavy atom. The van der Waals surface area contributed by atoms with Gasteiger partial charge in [-0.2, -0.15) is 0 Å². The number of hydrogen-bond donors (Lipinski definition) is 0. The zero-order chi connectivity index (χ0) is 8.20. The highest BCUT2D eigenvalue weighted by atomic mass is 28.4. The van der Waals surface area contributed by atoms with E-state index in [0.717, 1.165) is 16.8 Å². The smallest absolute Gasteiger partial charge is 0.250 e. The summed E-state index contributed by atoms with van der Waals surface area (Å²) in [6.07, 6.45) is 0.887. The van der Waals surface area contributed by atoms with Crippen molar-refractivity contribution >= 4 is 35.1 Å². The van der Waals surface area contributed by atoms with Crippen LogP contribution in [-0.2, 0) is 8.91 Å². The van der Waals surface area contributed by atoms with Crippen molar-refractivity contribution in [3.63, 3.8) is 0 Å². The van der Waals surface area contributed by atoms with Gasteiger partial charge in [0.1, 0.15) is 10.4 Å². The molecule has 6 heteroatoms. The van der Waals surface area contributed by atoms with E-state index in [1.165, 1.54) is 0 Å². The Kier molecular flexibility index (Phi) is 4.10. The van der Waals surface area contributed by atoms with Gasteiger partial charge in [-0.25, -0.2) is 0 Å². The number of hydrogen-bond acceptors (Lipinski definition) is 2. The van der Waals surface area contributed by atoms with Gasteiger partial charge in [0.05, 0.1) is 0 Å². The molecule has 0 aliphatic heterocycles. The molecule has 0 aromatic rings. The molecule has 0 radical (unpaired) electrons. The van der Waals surface area contributed by atoms with Gasteiger partial charge < -0.3 is 8.35 Å². The number of carbonyl (C=O) groups is 1. The van der Waals surface area contributed by atoms with Crippen LogP contribution in [0.4, 0.5) is 0 Å². The lowest BCUT2D eigenvalue weighted by Crippen LogP contribution is -2.35. The first-order valence-electron chi connectivity index (χ1n) is 3.25. The van der Waals surface area contributed by atoms with Crippen LogP contribution in [-0.4, -0.2) is 39.3 Å². The second-order valence-electron chi connectivity index (χ2n) is 3.25. The standard InChI is InChI=1S/C4H15NO2Si3/c1-10(2,3)7-9-5(8)4-6/h4H,9H2,1-3,8H3. The Bertz CT molecular complexity index is 114. The molecule has 0 aromatic heterocycles. The predicted molar refractivity (Wildman–Crippen MR) is 50.8 cm³/mol. The lowest BCUT2D eigenvalue weighted by atomic mass is 11.5. The summed E-state index contributed by atoms with van der Waals surface area (Å²) in [4.78, 5) is 10.2. The van der Waals surface area contributed by atoms with Crippen molar-refractivity contribution < 1.29 is 8.91 Å². The van der Waals surface area contributed by atoms with E-state index < -0.39 is 18.2 Å². The third-order valence-corrected chi connectivity index (χ3v) is 6.40. The van der Waals surface area contributed by atoms with Gasteiger partial charge >= 0.3 is 0 Å². The second kappa shape index (κ2) is 4.06. The summed E-state index contributed by atoms with van der Waals surface area (Å²) in [6.45, 7) is 6.42. The average molecular weight is 193 g/mol. The Morgan fingerprint density at radius 1 is 1.60 bits per heavy atom. The number of carbonyl (C=O) groups excluding carboxylic acids is 1. The van der Waals surface area contributed by atoms with Crippen molar-refractivity contribution in [2.45, 2.75) is 19.6 Å². The molecule has 10 heavy (non-hydrogen) atoms. The fraction of sp³-hybridized carbons (Fsp3) is 0.750. The number of amides is 1. The molecular formula is C4H15NO2Si3. The first-order chi connectivity index (χ1) is 4.45. The van der Waals surface area contributed by atoms with E-state index in [2.05, 4.69) is 19.6 Å². The van der Waals surface area contributed by atoms with E-state index in [1.54, 1.807) is 4.23 Å². The normalized spacial score (nSPS) is 12.7. The Labute approximate surface area is 68.4 Å². The van der Waals surface area contributed by atoms with Crippen molar-refractivity contribution in [3.8, 4) is 0 Å². The molecule has 0 heterocycles. The molecule has 0 aliphatic carbocycles. The van der Waals surface area contributed by atoms with Crippen LogP contribution in [0.5, 0.6) is 0 Å². The molecule has 0 unspecified atom stereocenters. The van der Waals surface area contributed by atoms with Crippen LogP contribution >= 0.6 is 0 Å². The molecule has 0 rings (SSSR count). The SMILES string of the molecule is C[Si](C)(C)O[SiH2]N([SiH3])C=O. The molecule has 3 nitrogen and oxygen atoms in total. The van der Waals surface area contributed by atoms with Gasteiger partial charge in [0, 0.05) is 0 Å². The van der Waals surface area contributed by atoms with Crippen LogP contribution in [0.25, 0.3) is 0 Å². The van der Waals surface area contributed by atoms with E-state index in [-0.39, 0.29) is 0 Å². The van der Waals surface area contributed by atoms with Crippen LogP contribution < -0.4 is 0 Å². The van der Waals surface area contributed by atoms with Crippen molar-refractivity contribution in [1.29, 1.82) is 0 Å². The second-order valence-corrected chi connectivity index (χ2v) is 12.3. The topological polar surface area (TPSA) is 29.5 Å². The fourth-order valence-electron chi connectivity index (χ4n) is 0.326. The van der Waals surface area contributed by atoms with E-state index in [1.807, 2.05) is 0 Å². The highest BCUT2D eigenvalue weighted by Crippen LogP contribution is 2.00. The van der Waals surface area contributed by atoms with Gasteiger partial charge in [-0.3, -0.25) is 4.79 Å². The molecule has 0 aliphatic rings. The summed E-state index contributed by atoms with van der Waals surface area (Å²) in [5, 5.41) is 0. The Balaban J connectivity index is 3.45. The first kappa shape index (κ1) is 10.1. The van der Waals surface area contributed by atoms with Gasteiger partial charge in [-0.1, -0.05) is 0 Å². The van der Waals surface area contributed by atoms with Crippen molar-refractivity contribution in [1.82, 2.24) is 4.23 Å². The molecule has 0 bridgehead atoms. The van der Waals surface area contributed by atoms with Gasteiger partial charge in [0.15, 0.2) is 14.7 Å². The van der Waals surface area contributed by atoms with Gasteiger partial charge in [-0.15, -0.1) is 0 Å². The number of rotatable bonds is 4. The van der Waals surface area contributed by atoms with Crippen molar-refractivity contribution in [2.24, 2.45) is 0 Å². The summed E-state index contributed by atoms with van der Waals surface area (Å²) in [7, 11) is -1.23. The van der Waals surface area contributed by atoms with E-state index >= 15 is 0 Å². The van der Waals surface area contributed by atoms with Crippen LogP contribution in [0, 0.1) is 0 Å². The lowest BCUT2D eigenvalue weighted by Gasteiger charge is -2.20. The maximum absolute atomic E-state index is 10.2. The third kappa shape index (κ3) is 6.20. The zero-order valence-corrected chi connectivity index (χ0v) is 11.5. The van der Waals surface area contributed by atoms with E-state index in [0.29, 0.717) is 0 Å². The van der Waals surface area contributed by atoms with Gasteiger partial charge in [-0.05, 0) is 19.6 Å². The lowest BCUT2D eigenvalue weighted by molar-refractivity contribution is -0.111. The molecule has 0 aromatic carbocycles. The van der Waals surface area contributed by atoms with Gasteiger partial charge in [0.25, 0.3) is 0 Å². The molecule has 0 N–H and O–H groups in total. The van der Waals surface area contributed by atoms with Crippen LogP contribution in [0.15, 0.2) is 0 Å². The molecular weight excluding hydrogens is 178 g/mol. The molecule has 60 valence electrons. The first-order valence-corrected chi connectivity index (χ1v) is 8.76. The quantitative estimate of drug-likeness (QED) is 0.405. The minimum absolute atomic E-state index is 0.680. The Morgan fingerprint density at radius 2 is 2.10 bits per heavy atom. The molecule has 0 saturated heterocycles. The van der Waals surface area contributed by atoms with Crippen LogP contribution in [0.3, 0.4) is 0 Å². The maximum Gasteiger partial charge on any atom is 0.250 e. The summed E-state index contributed by atoms with van der Waals surface area (Å²) in [5.41, 5.74) is 0. The van der Waals surface area contributed by atoms with E-state index in [4.69, 9.17) is 4.12 Å². The highest BCUT2D eigenvalue weighted by Gasteiger charge is 2.13. The minimum Gasteiger partial charge on any atom is -0.445 e. The third-order valence-electron chi connectivity index (χ3n) is 0.881. The summed E-state index contributed by atoms with van der Waals surface area (Å²) in [6, 6.07) is 0. The summed E-state index contributed by atoms with van der Waals surface area (Å²) >= 11 is 0. The minimum atomic E-state index is -1.35. The number of nitrogens with zero attached hydrogens (tertiary/aromatic N) is 1. The monoisotopic (exact) mass is 193 g/mol. The fourth-order valence-corrected chi connectivity index (χ4v) is 3.91. The summed E-state index contributed by atoms with van der Waals surface area (Å²) < 4.78 is 7.35. The Hall–Kier alpha value is 0.0806. The summed E-state index contributed by atoms with van der Waals surface area (Å²) in [5.74, 6) is 0. The largest absolute Gasteiger partial charge is 0.445 e. The predicted octanol–water partition coefficient (Wildman–Crippen LogP) is -1.42.